The van der Waals surface area contributed by atoms with Crippen molar-refractivity contribution in [3.05, 3.63) is 59.4 Å². The third-order valence-electron chi connectivity index (χ3n) is 4.47. The minimum atomic E-state index is 0.322. The molecule has 0 amide bonds. The fourth-order valence-electron chi connectivity index (χ4n) is 3.15. The van der Waals surface area contributed by atoms with Gasteiger partial charge in [-0.05, 0) is 74.2 Å². The number of aromatic nitrogens is 1. The van der Waals surface area contributed by atoms with E-state index in [0.717, 1.165) is 23.8 Å². The molecule has 1 aliphatic rings. The molecule has 1 saturated heterocycles. The maximum atomic E-state index is 5.73. The summed E-state index contributed by atoms with van der Waals surface area (Å²) in [7, 11) is 0. The molecule has 0 saturated carbocycles. The van der Waals surface area contributed by atoms with E-state index in [0.29, 0.717) is 6.04 Å². The predicted octanol–water partition coefficient (Wildman–Crippen LogP) is 4.62. The van der Waals surface area contributed by atoms with Crippen molar-refractivity contribution in [2.24, 2.45) is 0 Å². The minimum absolute atomic E-state index is 0.322. The summed E-state index contributed by atoms with van der Waals surface area (Å²) in [5.41, 5.74) is 4.80. The van der Waals surface area contributed by atoms with Crippen molar-refractivity contribution in [2.45, 2.75) is 39.2 Å². The number of piperidine rings is 1. The molecule has 1 aromatic carbocycles. The number of anilines is 1. The Morgan fingerprint density at radius 3 is 2.91 bits per heavy atom. The summed E-state index contributed by atoms with van der Waals surface area (Å²) in [6, 6.07) is 10.9. The van der Waals surface area contributed by atoms with Crippen LogP contribution in [0.3, 0.4) is 0 Å². The van der Waals surface area contributed by atoms with Crippen LogP contribution in [0.4, 0.5) is 5.69 Å². The van der Waals surface area contributed by atoms with E-state index in [1.165, 1.54) is 29.5 Å². The molecule has 2 heterocycles. The minimum Gasteiger partial charge on any atom is -0.342 e. The molecular formula is C19H23N3S. The number of rotatable bonds is 2. The molecule has 1 N–H and O–H groups in total. The van der Waals surface area contributed by atoms with Crippen LogP contribution >= 0.6 is 12.2 Å². The highest BCUT2D eigenvalue weighted by Crippen LogP contribution is 2.31. The molecule has 1 atom stereocenters. The summed E-state index contributed by atoms with van der Waals surface area (Å²) in [5, 5.41) is 4.27. The van der Waals surface area contributed by atoms with Crippen molar-refractivity contribution in [2.75, 3.05) is 11.9 Å². The summed E-state index contributed by atoms with van der Waals surface area (Å²) < 4.78 is 0. The van der Waals surface area contributed by atoms with Gasteiger partial charge in [0.1, 0.15) is 0 Å². The van der Waals surface area contributed by atoms with Gasteiger partial charge in [0.25, 0.3) is 0 Å². The lowest BCUT2D eigenvalue weighted by Crippen LogP contribution is -2.41. The molecule has 3 rings (SSSR count). The molecule has 0 aliphatic carbocycles. The maximum absolute atomic E-state index is 5.73. The fraction of sp³-hybridized carbons (Fsp3) is 0.368. The zero-order chi connectivity index (χ0) is 16.2. The SMILES string of the molecule is Cc1ccc(C)c(NC(=S)N2CCCC[C@@H]2c2cccnc2)c1. The number of nitrogens with zero attached hydrogens (tertiary/aromatic N) is 2. The molecule has 1 aromatic heterocycles. The van der Waals surface area contributed by atoms with Crippen LogP contribution in [0.15, 0.2) is 42.7 Å². The van der Waals surface area contributed by atoms with Crippen molar-refractivity contribution >= 4 is 23.0 Å². The lowest BCUT2D eigenvalue weighted by atomic mass is 9.97. The molecule has 0 bridgehead atoms. The Balaban J connectivity index is 1.80. The van der Waals surface area contributed by atoms with Gasteiger partial charge in [0, 0.05) is 24.6 Å². The van der Waals surface area contributed by atoms with E-state index in [1.807, 2.05) is 18.5 Å². The first kappa shape index (κ1) is 15.9. The number of thiocarbonyl (C=S) groups is 1. The van der Waals surface area contributed by atoms with E-state index in [1.54, 1.807) is 0 Å². The number of aryl methyl sites for hydroxylation is 2. The van der Waals surface area contributed by atoms with Crippen LogP contribution in [0.1, 0.15) is 42.0 Å². The van der Waals surface area contributed by atoms with Gasteiger partial charge < -0.3 is 10.2 Å². The second-order valence-electron chi connectivity index (χ2n) is 6.24. The molecule has 23 heavy (non-hydrogen) atoms. The second-order valence-corrected chi connectivity index (χ2v) is 6.63. The topological polar surface area (TPSA) is 28.2 Å². The van der Waals surface area contributed by atoms with E-state index in [-0.39, 0.29) is 0 Å². The van der Waals surface area contributed by atoms with Crippen molar-refractivity contribution in [1.29, 1.82) is 0 Å². The molecule has 120 valence electrons. The van der Waals surface area contributed by atoms with E-state index < -0.39 is 0 Å². The molecule has 0 unspecified atom stereocenters. The van der Waals surface area contributed by atoms with Gasteiger partial charge >= 0.3 is 0 Å². The highest BCUT2D eigenvalue weighted by Gasteiger charge is 2.26. The van der Waals surface area contributed by atoms with Crippen LogP contribution in [0, 0.1) is 13.8 Å². The molecular weight excluding hydrogens is 302 g/mol. The van der Waals surface area contributed by atoms with Gasteiger partial charge in [-0.2, -0.15) is 0 Å². The van der Waals surface area contributed by atoms with Crippen LogP contribution in [0.2, 0.25) is 0 Å². The van der Waals surface area contributed by atoms with Gasteiger partial charge in [-0.3, -0.25) is 4.98 Å². The van der Waals surface area contributed by atoms with E-state index >= 15 is 0 Å². The van der Waals surface area contributed by atoms with E-state index in [9.17, 15) is 0 Å². The standard InChI is InChI=1S/C19H23N3S/c1-14-8-9-15(2)17(12-14)21-19(23)22-11-4-3-7-18(22)16-6-5-10-20-13-16/h5-6,8-10,12-13,18H,3-4,7,11H2,1-2H3,(H,21,23)/t18-/m1/s1. The first-order chi connectivity index (χ1) is 11.1. The number of pyridine rings is 1. The summed E-state index contributed by atoms with van der Waals surface area (Å²) in [6.45, 7) is 5.21. The average molecular weight is 325 g/mol. The van der Waals surface area contributed by atoms with Crippen molar-refractivity contribution in [3.63, 3.8) is 0 Å². The van der Waals surface area contributed by atoms with Crippen LogP contribution in [-0.4, -0.2) is 21.5 Å². The number of benzene rings is 1. The third kappa shape index (κ3) is 3.70. The Hall–Kier alpha value is -1.94. The molecule has 0 radical (unpaired) electrons. The highest BCUT2D eigenvalue weighted by molar-refractivity contribution is 7.80. The highest BCUT2D eigenvalue weighted by atomic mass is 32.1. The molecule has 3 nitrogen and oxygen atoms in total. The zero-order valence-corrected chi connectivity index (χ0v) is 14.6. The van der Waals surface area contributed by atoms with Gasteiger partial charge in [-0.25, -0.2) is 0 Å². The van der Waals surface area contributed by atoms with Crippen LogP contribution in [0.5, 0.6) is 0 Å². The molecule has 2 aromatic rings. The van der Waals surface area contributed by atoms with E-state index in [4.69, 9.17) is 12.2 Å². The summed E-state index contributed by atoms with van der Waals surface area (Å²) in [6.07, 6.45) is 7.33. The normalized spacial score (nSPS) is 17.8. The van der Waals surface area contributed by atoms with Crippen LogP contribution < -0.4 is 5.32 Å². The Morgan fingerprint density at radius 2 is 2.13 bits per heavy atom. The first-order valence-corrected chi connectivity index (χ1v) is 8.61. The number of hydrogen-bond donors (Lipinski definition) is 1. The van der Waals surface area contributed by atoms with Crippen molar-refractivity contribution < 1.29 is 0 Å². The summed E-state index contributed by atoms with van der Waals surface area (Å²) in [5.74, 6) is 0. The van der Waals surface area contributed by atoms with Crippen molar-refractivity contribution in [3.8, 4) is 0 Å². The average Bonchev–Trinajstić information content (AvgIpc) is 2.59. The zero-order valence-electron chi connectivity index (χ0n) is 13.7. The second kappa shape index (κ2) is 7.09. The quantitative estimate of drug-likeness (QED) is 0.815. The van der Waals surface area contributed by atoms with Gasteiger partial charge in [-0.15, -0.1) is 0 Å². The number of nitrogens with one attached hydrogen (secondary N) is 1. The van der Waals surface area contributed by atoms with Crippen molar-refractivity contribution in [1.82, 2.24) is 9.88 Å². The third-order valence-corrected chi connectivity index (χ3v) is 4.80. The smallest absolute Gasteiger partial charge is 0.173 e. The van der Waals surface area contributed by atoms with Gasteiger partial charge in [0.05, 0.1) is 6.04 Å². The molecule has 0 spiro atoms. The lowest BCUT2D eigenvalue weighted by Gasteiger charge is -2.38. The lowest BCUT2D eigenvalue weighted by molar-refractivity contribution is 0.248. The predicted molar refractivity (Wildman–Crippen MR) is 99.7 cm³/mol. The first-order valence-electron chi connectivity index (χ1n) is 8.20. The Kier molecular flexibility index (Phi) is 4.91. The number of hydrogen-bond acceptors (Lipinski definition) is 2. The monoisotopic (exact) mass is 325 g/mol. The Bertz CT molecular complexity index is 684. The molecule has 1 aliphatic heterocycles. The maximum Gasteiger partial charge on any atom is 0.173 e. The van der Waals surface area contributed by atoms with Crippen LogP contribution in [0.25, 0.3) is 0 Å². The largest absolute Gasteiger partial charge is 0.342 e. The molecule has 1 fully saturated rings. The number of likely N-dealkylation sites (tertiary alicyclic amines) is 1. The van der Waals surface area contributed by atoms with E-state index in [2.05, 4.69) is 53.3 Å². The fourth-order valence-corrected chi connectivity index (χ4v) is 3.48. The Morgan fingerprint density at radius 1 is 1.26 bits per heavy atom. The van der Waals surface area contributed by atoms with Gasteiger partial charge in [0.2, 0.25) is 0 Å². The van der Waals surface area contributed by atoms with Crippen LogP contribution in [-0.2, 0) is 0 Å². The molecule has 4 heteroatoms. The van der Waals surface area contributed by atoms with Gasteiger partial charge in [0.15, 0.2) is 5.11 Å². The summed E-state index contributed by atoms with van der Waals surface area (Å²) in [4.78, 5) is 6.59. The Labute approximate surface area is 143 Å². The summed E-state index contributed by atoms with van der Waals surface area (Å²) >= 11 is 5.73. The van der Waals surface area contributed by atoms with Gasteiger partial charge in [-0.1, -0.05) is 18.2 Å².